The summed E-state index contributed by atoms with van der Waals surface area (Å²) < 4.78 is 5.40. The smallest absolute Gasteiger partial charge is 0.410 e. The van der Waals surface area contributed by atoms with E-state index in [1.165, 1.54) is 11.1 Å². The second-order valence-corrected chi connectivity index (χ2v) is 7.83. The lowest BCUT2D eigenvalue weighted by Crippen LogP contribution is -2.51. The summed E-state index contributed by atoms with van der Waals surface area (Å²) in [6.07, 6.45) is 0.208. The second-order valence-electron chi connectivity index (χ2n) is 7.83. The van der Waals surface area contributed by atoms with E-state index in [0.717, 1.165) is 5.56 Å². The molecule has 0 bridgehead atoms. The number of hydrogen-bond donors (Lipinski definition) is 0. The normalized spacial score (nSPS) is 16.0. The first-order chi connectivity index (χ1) is 11.7. The fraction of sp³-hybridized carbons (Fsp3) is 0.600. The van der Waals surface area contributed by atoms with Crippen molar-refractivity contribution >= 4 is 11.9 Å². The van der Waals surface area contributed by atoms with E-state index in [9.17, 15) is 9.59 Å². The SMILES string of the molecule is Cc1cccc(C)c1CC(=O)CN1CCN(C(=O)OC(C)(C)C)CC1. The van der Waals surface area contributed by atoms with Gasteiger partial charge in [0, 0.05) is 32.6 Å². The van der Waals surface area contributed by atoms with Gasteiger partial charge in [-0.2, -0.15) is 0 Å². The Labute approximate surface area is 150 Å². The molecule has 0 radical (unpaired) electrons. The third-order valence-corrected chi connectivity index (χ3v) is 4.44. The van der Waals surface area contributed by atoms with Crippen LogP contribution >= 0.6 is 0 Å². The van der Waals surface area contributed by atoms with Gasteiger partial charge in [0.15, 0.2) is 5.78 Å². The van der Waals surface area contributed by atoms with E-state index in [-0.39, 0.29) is 11.9 Å². The topological polar surface area (TPSA) is 49.9 Å². The zero-order chi connectivity index (χ0) is 18.6. The number of rotatable bonds is 4. The molecule has 1 aliphatic rings. The van der Waals surface area contributed by atoms with Crippen LogP contribution in [0, 0.1) is 13.8 Å². The standard InChI is InChI=1S/C20H30N2O3/c1-15-7-6-8-16(2)18(15)13-17(23)14-21-9-11-22(12-10-21)19(24)25-20(3,4)5/h6-8H,9-14H2,1-5H3. The van der Waals surface area contributed by atoms with E-state index in [1.807, 2.05) is 26.8 Å². The quantitative estimate of drug-likeness (QED) is 0.841. The van der Waals surface area contributed by atoms with Crippen molar-refractivity contribution in [1.82, 2.24) is 9.80 Å². The zero-order valence-electron chi connectivity index (χ0n) is 16.1. The van der Waals surface area contributed by atoms with Crippen LogP contribution in [0.4, 0.5) is 4.79 Å². The summed E-state index contributed by atoms with van der Waals surface area (Å²) in [5, 5.41) is 0. The summed E-state index contributed by atoms with van der Waals surface area (Å²) in [6.45, 7) is 12.8. The van der Waals surface area contributed by atoms with E-state index in [1.54, 1.807) is 4.90 Å². The van der Waals surface area contributed by atoms with Gasteiger partial charge in [0.25, 0.3) is 0 Å². The molecule has 1 aliphatic heterocycles. The molecule has 1 amide bonds. The molecule has 0 aromatic heterocycles. The van der Waals surface area contributed by atoms with Crippen molar-refractivity contribution in [3.05, 3.63) is 34.9 Å². The highest BCUT2D eigenvalue weighted by Gasteiger charge is 2.26. The third-order valence-electron chi connectivity index (χ3n) is 4.44. The van der Waals surface area contributed by atoms with Gasteiger partial charge in [0.2, 0.25) is 0 Å². The summed E-state index contributed by atoms with van der Waals surface area (Å²) in [7, 11) is 0. The Hall–Kier alpha value is -1.88. The van der Waals surface area contributed by atoms with Gasteiger partial charge in [-0.3, -0.25) is 9.69 Å². The average Bonchev–Trinajstić information content (AvgIpc) is 2.50. The molecule has 0 unspecified atom stereocenters. The number of piperazine rings is 1. The van der Waals surface area contributed by atoms with Gasteiger partial charge in [-0.1, -0.05) is 18.2 Å². The molecule has 0 N–H and O–H groups in total. The monoisotopic (exact) mass is 346 g/mol. The van der Waals surface area contributed by atoms with Crippen LogP contribution in [0.3, 0.4) is 0 Å². The number of nitrogens with zero attached hydrogens (tertiary/aromatic N) is 2. The van der Waals surface area contributed by atoms with E-state index >= 15 is 0 Å². The average molecular weight is 346 g/mol. The Morgan fingerprint density at radius 1 is 1.04 bits per heavy atom. The van der Waals surface area contributed by atoms with Crippen LogP contribution in [0.25, 0.3) is 0 Å². The molecule has 1 heterocycles. The van der Waals surface area contributed by atoms with Gasteiger partial charge in [0.05, 0.1) is 6.54 Å². The highest BCUT2D eigenvalue weighted by molar-refractivity contribution is 5.83. The van der Waals surface area contributed by atoms with Gasteiger partial charge >= 0.3 is 6.09 Å². The first-order valence-corrected chi connectivity index (χ1v) is 8.93. The number of ether oxygens (including phenoxy) is 1. The van der Waals surface area contributed by atoms with Crippen molar-refractivity contribution in [3.8, 4) is 0 Å². The Morgan fingerprint density at radius 2 is 1.60 bits per heavy atom. The van der Waals surface area contributed by atoms with Crippen molar-refractivity contribution in [2.45, 2.75) is 46.6 Å². The second kappa shape index (κ2) is 8.00. The Bertz CT molecular complexity index is 606. The molecule has 1 fully saturated rings. The number of carbonyl (C=O) groups is 2. The van der Waals surface area contributed by atoms with Crippen LogP contribution < -0.4 is 0 Å². The number of aryl methyl sites for hydroxylation is 2. The third kappa shape index (κ3) is 5.85. The predicted octanol–water partition coefficient (Wildman–Crippen LogP) is 2.97. The molecule has 5 heteroatoms. The van der Waals surface area contributed by atoms with Crippen LogP contribution in [-0.4, -0.2) is 60.0 Å². The molecule has 2 rings (SSSR count). The molecular weight excluding hydrogens is 316 g/mol. The van der Waals surface area contributed by atoms with Crippen LogP contribution in [0.2, 0.25) is 0 Å². The highest BCUT2D eigenvalue weighted by atomic mass is 16.6. The number of hydrogen-bond acceptors (Lipinski definition) is 4. The minimum atomic E-state index is -0.477. The van der Waals surface area contributed by atoms with Gasteiger partial charge in [0.1, 0.15) is 5.60 Å². The lowest BCUT2D eigenvalue weighted by atomic mass is 9.98. The molecule has 0 saturated carbocycles. The van der Waals surface area contributed by atoms with Gasteiger partial charge in [-0.25, -0.2) is 4.79 Å². The first-order valence-electron chi connectivity index (χ1n) is 8.93. The Balaban J connectivity index is 1.82. The van der Waals surface area contributed by atoms with Crippen molar-refractivity contribution in [2.75, 3.05) is 32.7 Å². The fourth-order valence-electron chi connectivity index (χ4n) is 3.05. The maximum absolute atomic E-state index is 12.4. The molecule has 5 nitrogen and oxygen atoms in total. The maximum Gasteiger partial charge on any atom is 0.410 e. The molecule has 25 heavy (non-hydrogen) atoms. The van der Waals surface area contributed by atoms with E-state index < -0.39 is 5.60 Å². The minimum absolute atomic E-state index is 0.225. The number of amides is 1. The van der Waals surface area contributed by atoms with E-state index in [4.69, 9.17) is 4.74 Å². The van der Waals surface area contributed by atoms with Crippen LogP contribution in [-0.2, 0) is 16.0 Å². The molecule has 1 aromatic carbocycles. The summed E-state index contributed by atoms with van der Waals surface area (Å²) >= 11 is 0. The summed E-state index contributed by atoms with van der Waals surface area (Å²) in [4.78, 5) is 28.4. The molecule has 0 spiro atoms. The molecule has 1 aromatic rings. The van der Waals surface area contributed by atoms with E-state index in [2.05, 4.69) is 30.9 Å². The molecule has 0 aliphatic carbocycles. The van der Waals surface area contributed by atoms with Crippen molar-refractivity contribution in [3.63, 3.8) is 0 Å². The summed E-state index contributed by atoms with van der Waals surface area (Å²) in [5.41, 5.74) is 3.00. The van der Waals surface area contributed by atoms with Gasteiger partial charge in [-0.05, 0) is 51.3 Å². The predicted molar refractivity (Wildman–Crippen MR) is 98.9 cm³/mol. The van der Waals surface area contributed by atoms with Crippen LogP contribution in [0.15, 0.2) is 18.2 Å². The van der Waals surface area contributed by atoms with Crippen molar-refractivity contribution in [2.24, 2.45) is 0 Å². The highest BCUT2D eigenvalue weighted by Crippen LogP contribution is 2.15. The molecular formula is C20H30N2O3. The number of ketones is 1. The summed E-state index contributed by atoms with van der Waals surface area (Å²) in [6, 6.07) is 6.12. The Kier molecular flexibility index (Phi) is 6.22. The zero-order valence-corrected chi connectivity index (χ0v) is 16.1. The molecule has 0 atom stereocenters. The Morgan fingerprint density at radius 3 is 2.12 bits per heavy atom. The fourth-order valence-corrected chi connectivity index (χ4v) is 3.05. The van der Waals surface area contributed by atoms with E-state index in [0.29, 0.717) is 39.1 Å². The maximum atomic E-state index is 12.4. The van der Waals surface area contributed by atoms with Crippen molar-refractivity contribution in [1.29, 1.82) is 0 Å². The van der Waals surface area contributed by atoms with Crippen LogP contribution in [0.1, 0.15) is 37.5 Å². The van der Waals surface area contributed by atoms with Crippen molar-refractivity contribution < 1.29 is 14.3 Å². The van der Waals surface area contributed by atoms with Crippen LogP contribution in [0.5, 0.6) is 0 Å². The number of benzene rings is 1. The molecule has 138 valence electrons. The molecule has 1 saturated heterocycles. The first kappa shape index (κ1) is 19.4. The number of Topliss-reactive ketones (excluding diaryl/α,β-unsaturated/α-hetero) is 1. The van der Waals surface area contributed by atoms with Gasteiger partial charge < -0.3 is 9.64 Å². The summed E-state index contributed by atoms with van der Waals surface area (Å²) in [5.74, 6) is 0.225. The lowest BCUT2D eigenvalue weighted by molar-refractivity contribution is -0.119. The lowest BCUT2D eigenvalue weighted by Gasteiger charge is -2.35. The van der Waals surface area contributed by atoms with Gasteiger partial charge in [-0.15, -0.1) is 0 Å². The largest absolute Gasteiger partial charge is 0.444 e. The number of carbonyl (C=O) groups excluding carboxylic acids is 2. The minimum Gasteiger partial charge on any atom is -0.444 e.